The fourth-order valence-corrected chi connectivity index (χ4v) is 1.68. The van der Waals surface area contributed by atoms with Crippen molar-refractivity contribution in [2.24, 2.45) is 11.7 Å². The van der Waals surface area contributed by atoms with Crippen LogP contribution < -0.4 is 11.1 Å². The maximum atomic E-state index is 12.0. The summed E-state index contributed by atoms with van der Waals surface area (Å²) in [4.78, 5) is 24.6. The van der Waals surface area contributed by atoms with Crippen molar-refractivity contribution in [1.82, 2.24) is 10.2 Å². The van der Waals surface area contributed by atoms with Crippen molar-refractivity contribution in [3.63, 3.8) is 0 Å². The minimum absolute atomic E-state index is 0.0220. The Hall–Kier alpha value is -1.10. The summed E-state index contributed by atoms with van der Waals surface area (Å²) in [6, 6.07) is 0. The molecule has 3 N–H and O–H groups in total. The monoisotopic (exact) mass is 213 g/mol. The summed E-state index contributed by atoms with van der Waals surface area (Å²) in [5.74, 6) is -0.470. The third-order valence-electron chi connectivity index (χ3n) is 3.04. The zero-order valence-corrected chi connectivity index (χ0v) is 9.54. The quantitative estimate of drug-likeness (QED) is 0.652. The number of primary amides is 1. The Balaban J connectivity index is 2.61. The van der Waals surface area contributed by atoms with E-state index in [1.54, 1.807) is 11.9 Å². The number of carbonyl (C=O) groups is 2. The van der Waals surface area contributed by atoms with Crippen molar-refractivity contribution in [2.45, 2.75) is 25.8 Å². The number of nitrogens with two attached hydrogens (primary N) is 1. The summed E-state index contributed by atoms with van der Waals surface area (Å²) < 4.78 is 0. The Morgan fingerprint density at radius 3 is 2.47 bits per heavy atom. The van der Waals surface area contributed by atoms with Crippen LogP contribution in [0.5, 0.6) is 0 Å². The SMILES string of the molecule is CNC(C)(C)C(=O)N1CCC(C(N)=O)C1. The van der Waals surface area contributed by atoms with Crippen molar-refractivity contribution in [3.05, 3.63) is 0 Å². The highest BCUT2D eigenvalue weighted by atomic mass is 16.2. The van der Waals surface area contributed by atoms with Crippen LogP contribution in [0.1, 0.15) is 20.3 Å². The second-order valence-corrected chi connectivity index (χ2v) is 4.51. The van der Waals surface area contributed by atoms with Gasteiger partial charge in [0, 0.05) is 13.1 Å². The second-order valence-electron chi connectivity index (χ2n) is 4.51. The van der Waals surface area contributed by atoms with Crippen LogP contribution in [-0.2, 0) is 9.59 Å². The predicted molar refractivity (Wildman–Crippen MR) is 57.0 cm³/mol. The Labute approximate surface area is 90.0 Å². The molecule has 0 spiro atoms. The standard InChI is InChI=1S/C10H19N3O2/c1-10(2,12-3)9(15)13-5-4-7(6-13)8(11)14/h7,12H,4-6H2,1-3H3,(H2,11,14). The molecule has 1 saturated heterocycles. The molecule has 1 atom stereocenters. The third kappa shape index (κ3) is 2.47. The van der Waals surface area contributed by atoms with E-state index in [1.807, 2.05) is 13.8 Å². The molecule has 0 aromatic carbocycles. The molecule has 1 aliphatic heterocycles. The van der Waals surface area contributed by atoms with Crippen LogP contribution in [-0.4, -0.2) is 42.4 Å². The summed E-state index contributed by atoms with van der Waals surface area (Å²) in [5.41, 5.74) is 4.63. The van der Waals surface area contributed by atoms with E-state index in [-0.39, 0.29) is 17.7 Å². The fraction of sp³-hybridized carbons (Fsp3) is 0.800. The van der Waals surface area contributed by atoms with E-state index in [1.165, 1.54) is 0 Å². The topological polar surface area (TPSA) is 75.4 Å². The maximum absolute atomic E-state index is 12.0. The Morgan fingerprint density at radius 2 is 2.07 bits per heavy atom. The average molecular weight is 213 g/mol. The zero-order chi connectivity index (χ0) is 11.6. The van der Waals surface area contributed by atoms with Gasteiger partial charge in [-0.15, -0.1) is 0 Å². The molecule has 0 aromatic rings. The molecule has 0 bridgehead atoms. The molecule has 1 rings (SSSR count). The highest BCUT2D eigenvalue weighted by Crippen LogP contribution is 2.19. The molecule has 86 valence electrons. The number of nitrogens with one attached hydrogen (secondary N) is 1. The van der Waals surface area contributed by atoms with Crippen molar-refractivity contribution in [1.29, 1.82) is 0 Å². The van der Waals surface area contributed by atoms with Gasteiger partial charge in [-0.3, -0.25) is 9.59 Å². The van der Waals surface area contributed by atoms with Crippen LogP contribution in [0.3, 0.4) is 0 Å². The molecule has 0 saturated carbocycles. The van der Waals surface area contributed by atoms with Gasteiger partial charge >= 0.3 is 0 Å². The van der Waals surface area contributed by atoms with E-state index >= 15 is 0 Å². The fourth-order valence-electron chi connectivity index (χ4n) is 1.68. The first-order chi connectivity index (χ1) is 6.88. The van der Waals surface area contributed by atoms with Crippen molar-refractivity contribution in [2.75, 3.05) is 20.1 Å². The first kappa shape index (κ1) is 12.0. The zero-order valence-electron chi connectivity index (χ0n) is 9.54. The number of nitrogens with zero attached hydrogens (tertiary/aromatic N) is 1. The van der Waals surface area contributed by atoms with Gasteiger partial charge in [-0.2, -0.15) is 0 Å². The lowest BCUT2D eigenvalue weighted by molar-refractivity contribution is -0.136. The molecule has 0 aromatic heterocycles. The summed E-state index contributed by atoms with van der Waals surface area (Å²) in [6.45, 7) is 4.73. The van der Waals surface area contributed by atoms with Crippen LogP contribution in [0.2, 0.25) is 0 Å². The molecule has 2 amide bonds. The number of hydrogen-bond donors (Lipinski definition) is 2. The van der Waals surface area contributed by atoms with Crippen molar-refractivity contribution < 1.29 is 9.59 Å². The third-order valence-corrected chi connectivity index (χ3v) is 3.04. The number of amides is 2. The Bertz CT molecular complexity index is 276. The van der Waals surface area contributed by atoms with Gasteiger partial charge in [-0.05, 0) is 27.3 Å². The summed E-state index contributed by atoms with van der Waals surface area (Å²) in [5, 5.41) is 2.95. The first-order valence-electron chi connectivity index (χ1n) is 5.16. The van der Waals surface area contributed by atoms with Gasteiger partial charge in [-0.1, -0.05) is 0 Å². The molecule has 15 heavy (non-hydrogen) atoms. The Kier molecular flexibility index (Phi) is 3.34. The molecule has 1 heterocycles. The van der Waals surface area contributed by atoms with Gasteiger partial charge < -0.3 is 16.0 Å². The number of rotatable bonds is 3. The second kappa shape index (κ2) is 4.18. The van der Waals surface area contributed by atoms with Crippen LogP contribution in [0.25, 0.3) is 0 Å². The normalized spacial score (nSPS) is 21.8. The van der Waals surface area contributed by atoms with Gasteiger partial charge in [0.25, 0.3) is 0 Å². The van der Waals surface area contributed by atoms with Crippen LogP contribution >= 0.6 is 0 Å². The molecule has 1 fully saturated rings. The molecular formula is C10H19N3O2. The van der Waals surface area contributed by atoms with Crippen LogP contribution in [0.4, 0.5) is 0 Å². The molecule has 5 heteroatoms. The number of likely N-dealkylation sites (N-methyl/N-ethyl adjacent to an activating group) is 1. The molecule has 1 aliphatic rings. The minimum Gasteiger partial charge on any atom is -0.369 e. The molecule has 0 aliphatic carbocycles. The predicted octanol–water partition coefficient (Wildman–Crippen LogP) is -0.682. The number of likely N-dealkylation sites (tertiary alicyclic amines) is 1. The summed E-state index contributed by atoms with van der Waals surface area (Å²) in [7, 11) is 1.75. The highest BCUT2D eigenvalue weighted by Gasteiger charge is 2.36. The number of hydrogen-bond acceptors (Lipinski definition) is 3. The largest absolute Gasteiger partial charge is 0.369 e. The van der Waals surface area contributed by atoms with E-state index in [4.69, 9.17) is 5.73 Å². The minimum atomic E-state index is -0.577. The Morgan fingerprint density at radius 1 is 1.47 bits per heavy atom. The number of carbonyl (C=O) groups excluding carboxylic acids is 2. The molecule has 0 radical (unpaired) electrons. The van der Waals surface area contributed by atoms with E-state index in [0.717, 1.165) is 0 Å². The van der Waals surface area contributed by atoms with E-state index < -0.39 is 5.54 Å². The van der Waals surface area contributed by atoms with E-state index in [2.05, 4.69) is 5.32 Å². The average Bonchev–Trinajstić information content (AvgIpc) is 2.65. The van der Waals surface area contributed by atoms with Crippen molar-refractivity contribution >= 4 is 11.8 Å². The van der Waals surface area contributed by atoms with E-state index in [0.29, 0.717) is 19.5 Å². The highest BCUT2D eigenvalue weighted by molar-refractivity contribution is 5.87. The van der Waals surface area contributed by atoms with Crippen LogP contribution in [0.15, 0.2) is 0 Å². The molecular weight excluding hydrogens is 194 g/mol. The summed E-state index contributed by atoms with van der Waals surface area (Å²) >= 11 is 0. The lowest BCUT2D eigenvalue weighted by atomic mass is 10.0. The lowest BCUT2D eigenvalue weighted by Crippen LogP contribution is -2.52. The maximum Gasteiger partial charge on any atom is 0.242 e. The first-order valence-corrected chi connectivity index (χ1v) is 5.16. The van der Waals surface area contributed by atoms with Gasteiger partial charge in [-0.25, -0.2) is 0 Å². The molecule has 5 nitrogen and oxygen atoms in total. The van der Waals surface area contributed by atoms with E-state index in [9.17, 15) is 9.59 Å². The van der Waals surface area contributed by atoms with Crippen molar-refractivity contribution in [3.8, 4) is 0 Å². The smallest absolute Gasteiger partial charge is 0.242 e. The van der Waals surface area contributed by atoms with Gasteiger partial charge in [0.2, 0.25) is 11.8 Å². The van der Waals surface area contributed by atoms with Gasteiger partial charge in [0.15, 0.2) is 0 Å². The summed E-state index contributed by atoms with van der Waals surface area (Å²) in [6.07, 6.45) is 0.681. The molecule has 1 unspecified atom stereocenters. The van der Waals surface area contributed by atoms with Crippen LogP contribution in [0, 0.1) is 5.92 Å². The van der Waals surface area contributed by atoms with Gasteiger partial charge in [0.1, 0.15) is 0 Å². The van der Waals surface area contributed by atoms with Gasteiger partial charge in [0.05, 0.1) is 11.5 Å². The lowest BCUT2D eigenvalue weighted by Gasteiger charge is -2.28.